The van der Waals surface area contributed by atoms with Crippen LogP contribution in [0, 0.1) is 20.8 Å². The predicted molar refractivity (Wildman–Crippen MR) is 67.4 cm³/mol. The van der Waals surface area contributed by atoms with Gasteiger partial charge in [-0.15, -0.1) is 0 Å². The van der Waals surface area contributed by atoms with Crippen molar-refractivity contribution in [3.05, 3.63) is 29.0 Å². The number of aromatic nitrogens is 3. The Morgan fingerprint density at radius 3 is 2.44 bits per heavy atom. The minimum atomic E-state index is -0.0711. The molecule has 2 aromatic rings. The lowest BCUT2D eigenvalue weighted by Gasteiger charge is -2.06. The molecular weight excluding hydrogens is 228 g/mol. The van der Waals surface area contributed by atoms with E-state index < -0.39 is 0 Å². The number of nitrogens with one attached hydrogen (secondary N) is 1. The molecule has 0 unspecified atom stereocenters. The van der Waals surface area contributed by atoms with Crippen LogP contribution in [-0.2, 0) is 14.1 Å². The number of hydrogen-bond acceptors (Lipinski definition) is 1. The summed E-state index contributed by atoms with van der Waals surface area (Å²) in [5.74, 6) is -0.0711. The van der Waals surface area contributed by atoms with Gasteiger partial charge in [0.05, 0.1) is 14.1 Å². The summed E-state index contributed by atoms with van der Waals surface area (Å²) >= 11 is 0. The summed E-state index contributed by atoms with van der Waals surface area (Å²) in [6.45, 7) is 6.25. The summed E-state index contributed by atoms with van der Waals surface area (Å²) in [5, 5.41) is 2.69. The largest absolute Gasteiger partial charge is 0.352 e. The van der Waals surface area contributed by atoms with Gasteiger partial charge >= 0.3 is 5.65 Å². The number of carbonyl (C=O) groups excluding carboxylic acids is 1. The second-order valence-electron chi connectivity index (χ2n) is 4.70. The lowest BCUT2D eigenvalue weighted by Crippen LogP contribution is -2.41. The maximum atomic E-state index is 12.0. The summed E-state index contributed by atoms with van der Waals surface area (Å²) in [6, 6.07) is 0. The molecule has 96 valence electrons. The van der Waals surface area contributed by atoms with Gasteiger partial charge in [0.2, 0.25) is 0 Å². The second-order valence-corrected chi connectivity index (χ2v) is 4.70. The van der Waals surface area contributed by atoms with Crippen LogP contribution in [0.15, 0.2) is 6.33 Å². The molecule has 0 aliphatic heterocycles. The standard InChI is InChI=1S/C13H19N4O/c1-8-9(2)16(6)13-11(12(18)14-4)15(5)7-17(13)10(8)3/h7H,1-6H3/q+1/p+1. The van der Waals surface area contributed by atoms with Gasteiger partial charge in [-0.3, -0.25) is 4.79 Å². The van der Waals surface area contributed by atoms with Crippen molar-refractivity contribution in [1.29, 1.82) is 0 Å². The molecule has 1 N–H and O–H groups in total. The highest BCUT2D eigenvalue weighted by atomic mass is 16.1. The van der Waals surface area contributed by atoms with Crippen molar-refractivity contribution < 1.29 is 13.9 Å². The normalized spacial score (nSPS) is 11.0. The molecule has 1 amide bonds. The van der Waals surface area contributed by atoms with E-state index in [1.807, 2.05) is 25.0 Å². The van der Waals surface area contributed by atoms with Crippen LogP contribution in [0.3, 0.4) is 0 Å². The quantitative estimate of drug-likeness (QED) is 0.702. The molecule has 0 aromatic carbocycles. The van der Waals surface area contributed by atoms with Crippen molar-refractivity contribution in [2.75, 3.05) is 7.05 Å². The Morgan fingerprint density at radius 1 is 1.28 bits per heavy atom. The van der Waals surface area contributed by atoms with Gasteiger partial charge in [-0.2, -0.15) is 4.40 Å². The molecule has 0 aliphatic carbocycles. The molecule has 18 heavy (non-hydrogen) atoms. The maximum absolute atomic E-state index is 12.0. The Labute approximate surface area is 107 Å². The Balaban J connectivity index is 2.99. The SMILES string of the molecule is CNC(=O)c1c2n(c[n+]1C)c(C)c(C)c(C)[n+]2C. The highest BCUT2D eigenvalue weighted by molar-refractivity contribution is 5.95. The number of aryl methyl sites for hydroxylation is 3. The van der Waals surface area contributed by atoms with Crippen molar-refractivity contribution in [2.24, 2.45) is 14.1 Å². The van der Waals surface area contributed by atoms with Crippen LogP contribution >= 0.6 is 0 Å². The first kappa shape index (κ1) is 12.5. The fourth-order valence-electron chi connectivity index (χ4n) is 2.36. The summed E-state index contributed by atoms with van der Waals surface area (Å²) in [4.78, 5) is 12.0. The highest BCUT2D eigenvalue weighted by Gasteiger charge is 2.29. The maximum Gasteiger partial charge on any atom is 0.342 e. The van der Waals surface area contributed by atoms with Gasteiger partial charge in [-0.1, -0.05) is 0 Å². The topological polar surface area (TPSA) is 41.3 Å². The van der Waals surface area contributed by atoms with Gasteiger partial charge in [0.1, 0.15) is 11.4 Å². The zero-order valence-electron chi connectivity index (χ0n) is 11.8. The molecule has 0 saturated carbocycles. The second kappa shape index (κ2) is 4.08. The van der Waals surface area contributed by atoms with E-state index in [0.29, 0.717) is 5.69 Å². The first-order valence-electron chi connectivity index (χ1n) is 5.98. The smallest absolute Gasteiger partial charge is 0.342 e. The summed E-state index contributed by atoms with van der Waals surface area (Å²) in [5.41, 5.74) is 5.16. The van der Waals surface area contributed by atoms with Gasteiger partial charge < -0.3 is 5.32 Å². The van der Waals surface area contributed by atoms with Crippen LogP contribution in [0.5, 0.6) is 0 Å². The van der Waals surface area contributed by atoms with Crippen LogP contribution < -0.4 is 14.5 Å². The zero-order valence-corrected chi connectivity index (χ0v) is 11.8. The molecule has 0 saturated heterocycles. The van der Waals surface area contributed by atoms with E-state index in [4.69, 9.17) is 0 Å². The molecule has 0 aliphatic rings. The molecule has 0 spiro atoms. The highest BCUT2D eigenvalue weighted by Crippen LogP contribution is 2.13. The number of imidazole rings is 1. The van der Waals surface area contributed by atoms with E-state index in [1.165, 1.54) is 11.3 Å². The average Bonchev–Trinajstić information content (AvgIpc) is 2.70. The number of fused-ring (bicyclic) bond motifs is 1. The molecule has 0 atom stereocenters. The lowest BCUT2D eigenvalue weighted by atomic mass is 10.2. The molecular formula is C13H20N4O+2. The monoisotopic (exact) mass is 248 g/mol. The van der Waals surface area contributed by atoms with E-state index in [2.05, 4.69) is 35.1 Å². The van der Waals surface area contributed by atoms with Crippen LogP contribution in [0.1, 0.15) is 27.4 Å². The summed E-state index contributed by atoms with van der Waals surface area (Å²) < 4.78 is 5.99. The molecule has 0 bridgehead atoms. The number of hydrogen-bond donors (Lipinski definition) is 1. The van der Waals surface area contributed by atoms with E-state index in [1.54, 1.807) is 7.05 Å². The zero-order chi connectivity index (χ0) is 13.6. The van der Waals surface area contributed by atoms with Crippen molar-refractivity contribution in [3.63, 3.8) is 0 Å². The van der Waals surface area contributed by atoms with Crippen LogP contribution in [0.2, 0.25) is 0 Å². The van der Waals surface area contributed by atoms with Crippen molar-refractivity contribution in [1.82, 2.24) is 9.72 Å². The van der Waals surface area contributed by atoms with Crippen molar-refractivity contribution in [3.8, 4) is 0 Å². The fourth-order valence-corrected chi connectivity index (χ4v) is 2.36. The Hall–Kier alpha value is -1.91. The lowest BCUT2D eigenvalue weighted by molar-refractivity contribution is -0.682. The molecule has 2 rings (SSSR count). The minimum Gasteiger partial charge on any atom is -0.352 e. The van der Waals surface area contributed by atoms with Crippen LogP contribution in [-0.4, -0.2) is 17.4 Å². The fraction of sp³-hybridized carbons (Fsp3) is 0.462. The van der Waals surface area contributed by atoms with Gasteiger partial charge in [-0.05, 0) is 20.8 Å². The summed E-state index contributed by atoms with van der Waals surface area (Å²) in [6.07, 6.45) is 1.95. The van der Waals surface area contributed by atoms with Crippen LogP contribution in [0.4, 0.5) is 0 Å². The predicted octanol–water partition coefficient (Wildman–Crippen LogP) is -0.127. The third-order valence-corrected chi connectivity index (χ3v) is 3.79. The number of rotatable bonds is 1. The molecule has 2 heterocycles. The van der Waals surface area contributed by atoms with E-state index in [-0.39, 0.29) is 5.91 Å². The van der Waals surface area contributed by atoms with Crippen molar-refractivity contribution in [2.45, 2.75) is 20.8 Å². The summed E-state index contributed by atoms with van der Waals surface area (Å²) in [7, 11) is 5.53. The van der Waals surface area contributed by atoms with Crippen molar-refractivity contribution >= 4 is 11.6 Å². The molecule has 5 heteroatoms. The molecule has 2 aromatic heterocycles. The first-order valence-corrected chi connectivity index (χ1v) is 5.98. The third-order valence-electron chi connectivity index (χ3n) is 3.79. The molecule has 5 nitrogen and oxygen atoms in total. The Bertz CT molecular complexity index is 655. The third kappa shape index (κ3) is 1.50. The first-order chi connectivity index (χ1) is 8.40. The van der Waals surface area contributed by atoms with Gasteiger partial charge in [0, 0.05) is 12.6 Å². The Morgan fingerprint density at radius 2 is 1.89 bits per heavy atom. The average molecular weight is 248 g/mol. The Kier molecular flexibility index (Phi) is 2.84. The van der Waals surface area contributed by atoms with Gasteiger partial charge in [0.15, 0.2) is 0 Å². The van der Waals surface area contributed by atoms with E-state index >= 15 is 0 Å². The van der Waals surface area contributed by atoms with E-state index in [9.17, 15) is 4.79 Å². The van der Waals surface area contributed by atoms with E-state index in [0.717, 1.165) is 11.3 Å². The number of amides is 1. The van der Waals surface area contributed by atoms with Gasteiger partial charge in [0.25, 0.3) is 17.9 Å². The minimum absolute atomic E-state index is 0.0711. The van der Waals surface area contributed by atoms with Gasteiger partial charge in [-0.25, -0.2) is 9.13 Å². The van der Waals surface area contributed by atoms with Crippen LogP contribution in [0.25, 0.3) is 5.65 Å². The number of carbonyl (C=O) groups is 1. The molecule has 0 radical (unpaired) electrons. The molecule has 0 fully saturated rings. The number of nitrogens with zero attached hydrogens (tertiary/aromatic N) is 3.